The van der Waals surface area contributed by atoms with Gasteiger partial charge in [-0.15, -0.1) is 0 Å². The summed E-state index contributed by atoms with van der Waals surface area (Å²) in [5.74, 6) is -1.17. The summed E-state index contributed by atoms with van der Waals surface area (Å²) >= 11 is 0. The summed E-state index contributed by atoms with van der Waals surface area (Å²) in [6.07, 6.45) is -12.0. The van der Waals surface area contributed by atoms with E-state index in [1.54, 1.807) is 13.8 Å². The molecule has 0 saturated carbocycles. The molecule has 2 unspecified atom stereocenters. The summed E-state index contributed by atoms with van der Waals surface area (Å²) in [5, 5.41) is 22.3. The number of rotatable bonds is 2. The second kappa shape index (κ2) is 7.02. The number of alkyl halides is 6. The van der Waals surface area contributed by atoms with Gasteiger partial charge in [-0.3, -0.25) is 0 Å². The van der Waals surface area contributed by atoms with Crippen LogP contribution in [0.4, 0.5) is 32.0 Å². The zero-order chi connectivity index (χ0) is 24.6. The molecule has 0 amide bonds. The lowest BCUT2D eigenvalue weighted by Crippen LogP contribution is -2.54. The van der Waals surface area contributed by atoms with Crippen molar-refractivity contribution < 1.29 is 46.1 Å². The third-order valence-corrected chi connectivity index (χ3v) is 6.60. The van der Waals surface area contributed by atoms with Crippen molar-refractivity contribution in [1.82, 2.24) is 0 Å². The van der Waals surface area contributed by atoms with Crippen molar-refractivity contribution in [2.75, 3.05) is 11.9 Å². The standard InChI is InChI=1S/C22H19F6NO4/c1-19(2)13-8-11(20(32,21(23,24)25)22(26,27)28)4-5-15(13)29-17-12-7-10(18(30)31)3-6-16(12)33-9-14(17)19/h3-8,14,17,29,32H,9H2,1-2H3,(H,30,31). The van der Waals surface area contributed by atoms with Gasteiger partial charge in [-0.05, 0) is 35.9 Å². The molecule has 178 valence electrons. The molecule has 2 atom stereocenters. The lowest BCUT2D eigenvalue weighted by atomic mass is 9.64. The van der Waals surface area contributed by atoms with E-state index < -0.39 is 46.9 Å². The second-order valence-electron chi connectivity index (χ2n) is 8.79. The molecule has 0 saturated heterocycles. The van der Waals surface area contributed by atoms with E-state index >= 15 is 0 Å². The van der Waals surface area contributed by atoms with Crippen LogP contribution in [0.15, 0.2) is 36.4 Å². The number of hydrogen-bond acceptors (Lipinski definition) is 4. The van der Waals surface area contributed by atoms with Gasteiger partial charge in [-0.1, -0.05) is 19.9 Å². The van der Waals surface area contributed by atoms with Crippen LogP contribution in [-0.2, 0) is 11.0 Å². The molecule has 0 fully saturated rings. The molecule has 2 aromatic rings. The smallest absolute Gasteiger partial charge is 0.430 e. The lowest BCUT2D eigenvalue weighted by molar-refractivity contribution is -0.376. The van der Waals surface area contributed by atoms with Gasteiger partial charge in [0.25, 0.3) is 5.60 Å². The number of carboxylic acids is 1. The van der Waals surface area contributed by atoms with Crippen molar-refractivity contribution in [3.05, 3.63) is 58.7 Å². The van der Waals surface area contributed by atoms with Crippen LogP contribution in [0, 0.1) is 5.92 Å². The number of aliphatic hydroxyl groups is 1. The molecule has 2 aromatic carbocycles. The van der Waals surface area contributed by atoms with Crippen LogP contribution in [0.5, 0.6) is 5.75 Å². The van der Waals surface area contributed by atoms with Crippen LogP contribution in [0.1, 0.15) is 46.9 Å². The van der Waals surface area contributed by atoms with Gasteiger partial charge in [0.2, 0.25) is 0 Å². The van der Waals surface area contributed by atoms with Gasteiger partial charge in [-0.2, -0.15) is 26.3 Å². The highest BCUT2D eigenvalue weighted by Gasteiger charge is 2.71. The minimum atomic E-state index is -5.99. The Kier molecular flexibility index (Phi) is 4.94. The molecule has 33 heavy (non-hydrogen) atoms. The molecule has 0 bridgehead atoms. The summed E-state index contributed by atoms with van der Waals surface area (Å²) in [4.78, 5) is 11.4. The van der Waals surface area contributed by atoms with E-state index in [1.807, 2.05) is 0 Å². The SMILES string of the molecule is CC1(C)c2cc(C(O)(C(F)(F)F)C(F)(F)F)ccc2NC2c3cc(C(=O)O)ccc3OCC21. The van der Waals surface area contributed by atoms with Crippen LogP contribution >= 0.6 is 0 Å². The van der Waals surface area contributed by atoms with E-state index in [-0.39, 0.29) is 23.4 Å². The molecule has 2 heterocycles. The van der Waals surface area contributed by atoms with Crippen LogP contribution in [0.3, 0.4) is 0 Å². The minimum absolute atomic E-state index is 0.0131. The van der Waals surface area contributed by atoms with Crippen molar-refractivity contribution in [2.24, 2.45) is 5.92 Å². The molecule has 4 rings (SSSR count). The number of carbonyl (C=O) groups is 1. The molecular weight excluding hydrogens is 456 g/mol. The van der Waals surface area contributed by atoms with Crippen molar-refractivity contribution in [3.63, 3.8) is 0 Å². The number of aromatic carboxylic acids is 1. The fourth-order valence-corrected chi connectivity index (χ4v) is 4.64. The summed E-state index contributed by atoms with van der Waals surface area (Å²) in [7, 11) is 0. The van der Waals surface area contributed by atoms with Gasteiger partial charge in [0, 0.05) is 28.1 Å². The number of anilines is 1. The van der Waals surface area contributed by atoms with Gasteiger partial charge in [0.05, 0.1) is 18.2 Å². The molecular formula is C22H19F6NO4. The maximum Gasteiger partial charge on any atom is 0.430 e. The molecule has 3 N–H and O–H groups in total. The molecule has 11 heteroatoms. The van der Waals surface area contributed by atoms with Gasteiger partial charge in [0.1, 0.15) is 5.75 Å². The zero-order valence-corrected chi connectivity index (χ0v) is 17.3. The maximum absolute atomic E-state index is 13.4. The van der Waals surface area contributed by atoms with Gasteiger partial charge in [0.15, 0.2) is 0 Å². The number of carboxylic acid groups (broad SMARTS) is 1. The minimum Gasteiger partial charge on any atom is -0.493 e. The quantitative estimate of drug-likeness (QED) is 0.524. The Bertz CT molecular complexity index is 1110. The Morgan fingerprint density at radius 3 is 2.27 bits per heavy atom. The van der Waals surface area contributed by atoms with Crippen LogP contribution in [-0.4, -0.2) is 35.1 Å². The van der Waals surface area contributed by atoms with E-state index in [4.69, 9.17) is 4.74 Å². The highest BCUT2D eigenvalue weighted by Crippen LogP contribution is 2.55. The van der Waals surface area contributed by atoms with Gasteiger partial charge in [-0.25, -0.2) is 4.79 Å². The van der Waals surface area contributed by atoms with Crippen molar-refractivity contribution in [3.8, 4) is 5.75 Å². The Morgan fingerprint density at radius 2 is 1.70 bits per heavy atom. The first-order valence-corrected chi connectivity index (χ1v) is 9.86. The highest BCUT2D eigenvalue weighted by molar-refractivity contribution is 5.88. The molecule has 0 radical (unpaired) electrons. The summed E-state index contributed by atoms with van der Waals surface area (Å²) in [5.41, 5.74) is -6.39. The fourth-order valence-electron chi connectivity index (χ4n) is 4.64. The third kappa shape index (κ3) is 3.32. The van der Waals surface area contributed by atoms with Crippen LogP contribution in [0.2, 0.25) is 0 Å². The Morgan fingerprint density at radius 1 is 1.06 bits per heavy atom. The third-order valence-electron chi connectivity index (χ3n) is 6.60. The predicted octanol–water partition coefficient (Wildman–Crippen LogP) is 5.15. The molecule has 5 nitrogen and oxygen atoms in total. The molecule has 0 spiro atoms. The van der Waals surface area contributed by atoms with Gasteiger partial charge < -0.3 is 20.3 Å². The number of benzene rings is 2. The number of fused-ring (bicyclic) bond motifs is 4. The average Bonchev–Trinajstić information content (AvgIpc) is 2.70. The summed E-state index contributed by atoms with van der Waals surface area (Å²) < 4.78 is 86.1. The number of halogens is 6. The molecule has 0 aromatic heterocycles. The number of hydrogen-bond donors (Lipinski definition) is 3. The van der Waals surface area contributed by atoms with E-state index in [0.29, 0.717) is 17.4 Å². The first-order valence-electron chi connectivity index (χ1n) is 9.86. The first kappa shape index (κ1) is 23.2. The van der Waals surface area contributed by atoms with E-state index in [0.717, 1.165) is 12.1 Å². The van der Waals surface area contributed by atoms with Crippen molar-refractivity contribution in [1.29, 1.82) is 0 Å². The van der Waals surface area contributed by atoms with Crippen LogP contribution in [0.25, 0.3) is 0 Å². The van der Waals surface area contributed by atoms with Crippen molar-refractivity contribution >= 4 is 11.7 Å². The number of nitrogens with one attached hydrogen (secondary N) is 1. The second-order valence-corrected chi connectivity index (χ2v) is 8.79. The van der Waals surface area contributed by atoms with Crippen molar-refractivity contribution in [2.45, 2.75) is 43.3 Å². The van der Waals surface area contributed by atoms with E-state index in [9.17, 15) is 41.4 Å². The summed E-state index contributed by atoms with van der Waals surface area (Å²) in [6, 6.07) is 6.22. The highest BCUT2D eigenvalue weighted by atomic mass is 19.4. The molecule has 2 aliphatic rings. The first-order chi connectivity index (χ1) is 15.1. The Labute approximate surface area is 184 Å². The molecule has 0 aliphatic carbocycles. The van der Waals surface area contributed by atoms with Crippen LogP contribution < -0.4 is 10.1 Å². The monoisotopic (exact) mass is 475 g/mol. The van der Waals surface area contributed by atoms with Gasteiger partial charge >= 0.3 is 18.3 Å². The number of ether oxygens (including phenoxy) is 1. The predicted molar refractivity (Wildman–Crippen MR) is 104 cm³/mol. The Hall–Kier alpha value is -2.95. The maximum atomic E-state index is 13.4. The molecule has 2 aliphatic heterocycles. The Balaban J connectivity index is 1.85. The lowest BCUT2D eigenvalue weighted by Gasteiger charge is -2.49. The van der Waals surface area contributed by atoms with E-state index in [2.05, 4.69) is 5.32 Å². The normalized spacial score (nSPS) is 21.7. The zero-order valence-electron chi connectivity index (χ0n) is 17.3. The summed E-state index contributed by atoms with van der Waals surface area (Å²) in [6.45, 7) is 3.41. The fraction of sp³-hybridized carbons (Fsp3) is 0.409. The largest absolute Gasteiger partial charge is 0.493 e. The average molecular weight is 475 g/mol. The topological polar surface area (TPSA) is 78.8 Å². The van der Waals surface area contributed by atoms with E-state index in [1.165, 1.54) is 18.2 Å².